The van der Waals surface area contributed by atoms with Crippen LogP contribution in [0.15, 0.2) is 60.0 Å². The van der Waals surface area contributed by atoms with Crippen LogP contribution in [0.4, 0.5) is 0 Å². The maximum Gasteiger partial charge on any atom is 0.107 e. The average Bonchev–Trinajstić information content (AvgIpc) is 3.05. The molecule has 0 spiro atoms. The molecule has 0 atom stereocenters. The molecule has 3 nitrogen and oxygen atoms in total. The van der Waals surface area contributed by atoms with Gasteiger partial charge in [-0.15, -0.1) is 11.3 Å². The molecule has 0 amide bonds. The molecule has 2 aromatic carbocycles. The maximum atomic E-state index is 9.33. The molecule has 0 unspecified atom stereocenters. The van der Waals surface area contributed by atoms with Gasteiger partial charge in [-0.25, -0.2) is 4.98 Å². The number of hydrogen-bond donors (Lipinski definition) is 2. The minimum atomic E-state index is 0.0766. The Morgan fingerprint density at radius 2 is 1.64 bits per heavy atom. The first-order valence-corrected chi connectivity index (χ1v) is 8.13. The zero-order valence-corrected chi connectivity index (χ0v) is 13.0. The zero-order valence-electron chi connectivity index (χ0n) is 12.2. The Bertz CT molecular complexity index is 725. The van der Waals surface area contributed by atoms with Gasteiger partial charge in [-0.2, -0.15) is 0 Å². The van der Waals surface area contributed by atoms with Crippen LogP contribution in [0.25, 0.3) is 11.3 Å². The van der Waals surface area contributed by atoms with E-state index in [1.54, 1.807) is 11.3 Å². The summed E-state index contributed by atoms with van der Waals surface area (Å²) in [5.74, 6) is 0. The SMILES string of the molecule is OCc1ccccc1CNCc1nc(-c2ccccc2)cs1. The van der Waals surface area contributed by atoms with Gasteiger partial charge in [0.1, 0.15) is 5.01 Å². The standard InChI is InChI=1S/C18H18N2OS/c21-12-16-9-5-4-8-15(16)10-19-11-18-20-17(13-22-18)14-6-2-1-3-7-14/h1-9,13,19,21H,10-12H2. The van der Waals surface area contributed by atoms with E-state index < -0.39 is 0 Å². The lowest BCUT2D eigenvalue weighted by atomic mass is 10.1. The van der Waals surface area contributed by atoms with Crippen molar-refractivity contribution in [3.8, 4) is 11.3 Å². The summed E-state index contributed by atoms with van der Waals surface area (Å²) in [6, 6.07) is 18.1. The zero-order chi connectivity index (χ0) is 15.2. The summed E-state index contributed by atoms with van der Waals surface area (Å²) in [4.78, 5) is 4.66. The van der Waals surface area contributed by atoms with Gasteiger partial charge >= 0.3 is 0 Å². The number of aliphatic hydroxyl groups is 1. The Morgan fingerprint density at radius 1 is 0.909 bits per heavy atom. The van der Waals surface area contributed by atoms with Crippen molar-refractivity contribution in [1.82, 2.24) is 10.3 Å². The molecule has 0 aliphatic rings. The number of nitrogens with zero attached hydrogens (tertiary/aromatic N) is 1. The van der Waals surface area contributed by atoms with E-state index in [2.05, 4.69) is 27.8 Å². The lowest BCUT2D eigenvalue weighted by Gasteiger charge is -2.07. The average molecular weight is 310 g/mol. The molecule has 0 saturated carbocycles. The van der Waals surface area contributed by atoms with Crippen molar-refractivity contribution in [2.24, 2.45) is 0 Å². The number of rotatable bonds is 6. The van der Waals surface area contributed by atoms with Crippen LogP contribution >= 0.6 is 11.3 Å². The fourth-order valence-corrected chi connectivity index (χ4v) is 3.09. The topological polar surface area (TPSA) is 45.1 Å². The first-order chi connectivity index (χ1) is 10.9. The molecular weight excluding hydrogens is 292 g/mol. The van der Waals surface area contributed by atoms with Crippen LogP contribution < -0.4 is 5.32 Å². The van der Waals surface area contributed by atoms with E-state index in [1.807, 2.05) is 42.5 Å². The van der Waals surface area contributed by atoms with Crippen LogP contribution in [0.1, 0.15) is 16.1 Å². The van der Waals surface area contributed by atoms with Gasteiger partial charge in [0, 0.05) is 24.0 Å². The predicted molar refractivity (Wildman–Crippen MR) is 90.5 cm³/mol. The largest absolute Gasteiger partial charge is 0.392 e. The van der Waals surface area contributed by atoms with Crippen LogP contribution in [-0.2, 0) is 19.7 Å². The predicted octanol–water partition coefficient (Wildman–Crippen LogP) is 3.59. The summed E-state index contributed by atoms with van der Waals surface area (Å²) in [5.41, 5.74) is 4.28. The summed E-state index contributed by atoms with van der Waals surface area (Å²) in [6.45, 7) is 1.54. The molecule has 1 heterocycles. The minimum Gasteiger partial charge on any atom is -0.392 e. The number of nitrogens with one attached hydrogen (secondary N) is 1. The maximum absolute atomic E-state index is 9.33. The molecular formula is C18H18N2OS. The molecule has 0 saturated heterocycles. The third-order valence-corrected chi connectivity index (χ3v) is 4.35. The lowest BCUT2D eigenvalue weighted by molar-refractivity contribution is 0.280. The molecule has 1 aromatic heterocycles. The molecule has 112 valence electrons. The van der Waals surface area contributed by atoms with Gasteiger partial charge in [0.05, 0.1) is 12.3 Å². The van der Waals surface area contributed by atoms with Crippen molar-refractivity contribution < 1.29 is 5.11 Å². The first-order valence-electron chi connectivity index (χ1n) is 7.25. The quantitative estimate of drug-likeness (QED) is 0.731. The molecule has 0 radical (unpaired) electrons. The van der Waals surface area contributed by atoms with Crippen LogP contribution in [0, 0.1) is 0 Å². The summed E-state index contributed by atoms with van der Waals surface area (Å²) in [7, 11) is 0. The molecule has 0 bridgehead atoms. The van der Waals surface area contributed by atoms with Crippen molar-refractivity contribution in [3.05, 3.63) is 76.1 Å². The third kappa shape index (κ3) is 3.60. The highest BCUT2D eigenvalue weighted by Gasteiger charge is 2.05. The summed E-state index contributed by atoms with van der Waals surface area (Å²) in [5, 5.41) is 15.9. The van der Waals surface area contributed by atoms with E-state index in [-0.39, 0.29) is 6.61 Å². The molecule has 3 aromatic rings. The Hall–Kier alpha value is -2.01. The third-order valence-electron chi connectivity index (χ3n) is 3.50. The van der Waals surface area contributed by atoms with Crippen LogP contribution in [0.3, 0.4) is 0 Å². The molecule has 3 rings (SSSR count). The highest BCUT2D eigenvalue weighted by molar-refractivity contribution is 7.09. The fraction of sp³-hybridized carbons (Fsp3) is 0.167. The monoisotopic (exact) mass is 310 g/mol. The van der Waals surface area contributed by atoms with Crippen molar-refractivity contribution in [2.75, 3.05) is 0 Å². The van der Waals surface area contributed by atoms with Crippen molar-refractivity contribution >= 4 is 11.3 Å². The fourth-order valence-electron chi connectivity index (χ4n) is 2.32. The van der Waals surface area contributed by atoms with Gasteiger partial charge in [0.2, 0.25) is 0 Å². The molecule has 0 aliphatic carbocycles. The normalized spacial score (nSPS) is 10.8. The van der Waals surface area contributed by atoms with Gasteiger partial charge in [0.15, 0.2) is 0 Å². The van der Waals surface area contributed by atoms with Crippen molar-refractivity contribution in [3.63, 3.8) is 0 Å². The molecule has 4 heteroatoms. The number of thiazole rings is 1. The van der Waals surface area contributed by atoms with Crippen LogP contribution in [0.5, 0.6) is 0 Å². The highest BCUT2D eigenvalue weighted by atomic mass is 32.1. The first kappa shape index (κ1) is 14.9. The van der Waals surface area contributed by atoms with E-state index in [0.29, 0.717) is 0 Å². The van der Waals surface area contributed by atoms with Gasteiger partial charge in [-0.3, -0.25) is 0 Å². The highest BCUT2D eigenvalue weighted by Crippen LogP contribution is 2.21. The Kier molecular flexibility index (Phi) is 4.96. The molecule has 22 heavy (non-hydrogen) atoms. The van der Waals surface area contributed by atoms with Crippen molar-refractivity contribution in [2.45, 2.75) is 19.7 Å². The number of hydrogen-bond acceptors (Lipinski definition) is 4. The second-order valence-corrected chi connectivity index (χ2v) is 5.97. The van der Waals surface area contributed by atoms with Gasteiger partial charge in [-0.05, 0) is 11.1 Å². The minimum absolute atomic E-state index is 0.0766. The lowest BCUT2D eigenvalue weighted by Crippen LogP contribution is -2.13. The summed E-state index contributed by atoms with van der Waals surface area (Å²) >= 11 is 1.67. The van der Waals surface area contributed by atoms with E-state index >= 15 is 0 Å². The Labute approximate surface area is 134 Å². The van der Waals surface area contributed by atoms with Gasteiger partial charge in [-0.1, -0.05) is 54.6 Å². The van der Waals surface area contributed by atoms with Gasteiger partial charge < -0.3 is 10.4 Å². The molecule has 0 fully saturated rings. The summed E-state index contributed by atoms with van der Waals surface area (Å²) in [6.07, 6.45) is 0. The second kappa shape index (κ2) is 7.31. The Balaban J connectivity index is 1.60. The van der Waals surface area contributed by atoms with E-state index in [0.717, 1.165) is 40.5 Å². The molecule has 0 aliphatic heterocycles. The van der Waals surface area contributed by atoms with E-state index in [4.69, 9.17) is 0 Å². The van der Waals surface area contributed by atoms with E-state index in [9.17, 15) is 5.11 Å². The van der Waals surface area contributed by atoms with Crippen LogP contribution in [-0.4, -0.2) is 10.1 Å². The smallest absolute Gasteiger partial charge is 0.107 e. The molecule has 2 N–H and O–H groups in total. The van der Waals surface area contributed by atoms with E-state index in [1.165, 1.54) is 0 Å². The number of aromatic nitrogens is 1. The Morgan fingerprint density at radius 3 is 2.41 bits per heavy atom. The summed E-state index contributed by atoms with van der Waals surface area (Å²) < 4.78 is 0. The second-order valence-electron chi connectivity index (χ2n) is 5.02. The van der Waals surface area contributed by atoms with Crippen molar-refractivity contribution in [1.29, 1.82) is 0 Å². The van der Waals surface area contributed by atoms with Gasteiger partial charge in [0.25, 0.3) is 0 Å². The number of aliphatic hydroxyl groups excluding tert-OH is 1. The van der Waals surface area contributed by atoms with Crippen LogP contribution in [0.2, 0.25) is 0 Å². The number of benzene rings is 2.